The van der Waals surface area contributed by atoms with Gasteiger partial charge < -0.3 is 10.6 Å². The molecule has 0 aromatic heterocycles. The molecular formula is C15H21N3O3. The summed E-state index contributed by atoms with van der Waals surface area (Å²) >= 11 is 0. The predicted octanol–water partition coefficient (Wildman–Crippen LogP) is 2.10. The van der Waals surface area contributed by atoms with Gasteiger partial charge in [-0.25, -0.2) is 0 Å². The second kappa shape index (κ2) is 6.22. The Balaban J connectivity index is 2.34. The van der Waals surface area contributed by atoms with E-state index in [9.17, 15) is 14.9 Å². The van der Waals surface area contributed by atoms with Crippen LogP contribution < -0.4 is 5.73 Å². The fraction of sp³-hybridized carbons (Fsp3) is 0.533. The molecule has 1 aliphatic rings. The van der Waals surface area contributed by atoms with Crippen LogP contribution in [0.3, 0.4) is 0 Å². The fourth-order valence-corrected chi connectivity index (χ4v) is 3.21. The van der Waals surface area contributed by atoms with Crippen LogP contribution in [0.1, 0.15) is 35.2 Å². The molecule has 114 valence electrons. The van der Waals surface area contributed by atoms with Crippen LogP contribution >= 0.6 is 0 Å². The van der Waals surface area contributed by atoms with Crippen LogP contribution in [0.4, 0.5) is 5.69 Å². The lowest BCUT2D eigenvalue weighted by Gasteiger charge is -2.29. The van der Waals surface area contributed by atoms with Gasteiger partial charge in [0.15, 0.2) is 0 Å². The molecular weight excluding hydrogens is 270 g/mol. The van der Waals surface area contributed by atoms with E-state index >= 15 is 0 Å². The summed E-state index contributed by atoms with van der Waals surface area (Å²) in [5.41, 5.74) is 6.45. The molecule has 0 bridgehead atoms. The van der Waals surface area contributed by atoms with E-state index in [0.717, 1.165) is 19.3 Å². The highest BCUT2D eigenvalue weighted by atomic mass is 16.6. The van der Waals surface area contributed by atoms with Gasteiger partial charge in [0.05, 0.1) is 4.92 Å². The predicted molar refractivity (Wildman–Crippen MR) is 80.1 cm³/mol. The van der Waals surface area contributed by atoms with Crippen molar-refractivity contribution >= 4 is 11.6 Å². The zero-order chi connectivity index (χ0) is 15.6. The number of hydrogen-bond donors (Lipinski definition) is 1. The summed E-state index contributed by atoms with van der Waals surface area (Å²) in [7, 11) is 1.72. The number of carbonyl (C=O) groups excluding carboxylic acids is 1. The third-order valence-electron chi connectivity index (χ3n) is 4.40. The molecule has 0 saturated heterocycles. The van der Waals surface area contributed by atoms with Crippen LogP contribution in [0, 0.1) is 23.0 Å². The van der Waals surface area contributed by atoms with Crippen LogP contribution in [-0.4, -0.2) is 35.4 Å². The molecule has 1 fully saturated rings. The topological polar surface area (TPSA) is 89.5 Å². The lowest BCUT2D eigenvalue weighted by molar-refractivity contribution is -0.385. The Bertz CT molecular complexity index is 559. The molecule has 1 aromatic rings. The smallest absolute Gasteiger partial charge is 0.282 e. The fourth-order valence-electron chi connectivity index (χ4n) is 3.21. The number of amides is 1. The molecule has 2 unspecified atom stereocenters. The van der Waals surface area contributed by atoms with Crippen molar-refractivity contribution < 1.29 is 9.72 Å². The summed E-state index contributed by atoms with van der Waals surface area (Å²) in [4.78, 5) is 25.0. The normalized spacial score (nSPS) is 21.3. The van der Waals surface area contributed by atoms with Crippen LogP contribution in [0.15, 0.2) is 18.2 Å². The monoisotopic (exact) mass is 291 g/mol. The van der Waals surface area contributed by atoms with E-state index in [1.165, 1.54) is 6.07 Å². The van der Waals surface area contributed by atoms with Gasteiger partial charge in [0.2, 0.25) is 0 Å². The summed E-state index contributed by atoms with van der Waals surface area (Å²) in [6.07, 6.45) is 2.96. The highest BCUT2D eigenvalue weighted by Crippen LogP contribution is 2.31. The molecule has 2 atom stereocenters. The van der Waals surface area contributed by atoms with Crippen LogP contribution in [-0.2, 0) is 0 Å². The Hall–Kier alpha value is -1.95. The Labute approximate surface area is 124 Å². The van der Waals surface area contributed by atoms with E-state index in [2.05, 4.69) is 0 Å². The maximum absolute atomic E-state index is 12.7. The van der Waals surface area contributed by atoms with E-state index < -0.39 is 4.92 Å². The second-order valence-corrected chi connectivity index (χ2v) is 5.64. The standard InChI is InChI=1S/C15H21N3O3/c1-10-5-3-8-13(18(20)21)14(10)15(19)17(2)12-7-4-6-11(12)9-16/h3,5,8,11-12H,4,6-7,9,16H2,1-2H3. The first kappa shape index (κ1) is 15.4. The van der Waals surface area contributed by atoms with Crippen LogP contribution in [0.2, 0.25) is 0 Å². The Morgan fingerprint density at radius 2 is 2.19 bits per heavy atom. The molecule has 0 spiro atoms. The van der Waals surface area contributed by atoms with Gasteiger partial charge >= 0.3 is 0 Å². The Morgan fingerprint density at radius 1 is 1.48 bits per heavy atom. The summed E-state index contributed by atoms with van der Waals surface area (Å²) in [5.74, 6) is -0.00725. The van der Waals surface area contributed by atoms with E-state index in [-0.39, 0.29) is 29.1 Å². The van der Waals surface area contributed by atoms with Gasteiger partial charge in [0.25, 0.3) is 11.6 Å². The van der Waals surface area contributed by atoms with Crippen molar-refractivity contribution in [1.29, 1.82) is 0 Å². The average Bonchev–Trinajstić information content (AvgIpc) is 2.93. The first-order valence-electron chi connectivity index (χ1n) is 7.18. The van der Waals surface area contributed by atoms with E-state index in [4.69, 9.17) is 5.73 Å². The maximum atomic E-state index is 12.7. The molecule has 21 heavy (non-hydrogen) atoms. The minimum Gasteiger partial charge on any atom is -0.338 e. The molecule has 1 amide bonds. The molecule has 6 heteroatoms. The van der Waals surface area contributed by atoms with E-state index in [1.54, 1.807) is 31.0 Å². The maximum Gasteiger partial charge on any atom is 0.282 e. The van der Waals surface area contributed by atoms with Gasteiger partial charge in [0, 0.05) is 19.2 Å². The van der Waals surface area contributed by atoms with Gasteiger partial charge in [-0.15, -0.1) is 0 Å². The number of carbonyl (C=O) groups is 1. The highest BCUT2D eigenvalue weighted by molar-refractivity contribution is 5.99. The molecule has 2 rings (SSSR count). The Morgan fingerprint density at radius 3 is 2.81 bits per heavy atom. The average molecular weight is 291 g/mol. The molecule has 1 saturated carbocycles. The van der Waals surface area contributed by atoms with Gasteiger partial charge in [-0.1, -0.05) is 18.6 Å². The van der Waals surface area contributed by atoms with Crippen LogP contribution in [0.25, 0.3) is 0 Å². The van der Waals surface area contributed by atoms with E-state index in [1.807, 2.05) is 0 Å². The SMILES string of the molecule is Cc1cccc([N+](=O)[O-])c1C(=O)N(C)C1CCCC1CN. The van der Waals surface area contributed by atoms with Crippen molar-refractivity contribution in [2.24, 2.45) is 11.7 Å². The van der Waals surface area contributed by atoms with Crippen molar-refractivity contribution in [3.05, 3.63) is 39.4 Å². The van der Waals surface area contributed by atoms with Crippen molar-refractivity contribution in [2.45, 2.75) is 32.2 Å². The summed E-state index contributed by atoms with van der Waals surface area (Å²) in [6, 6.07) is 4.77. The van der Waals surface area contributed by atoms with Crippen molar-refractivity contribution in [3.63, 3.8) is 0 Å². The summed E-state index contributed by atoms with van der Waals surface area (Å²) in [6.45, 7) is 2.27. The molecule has 1 aliphatic carbocycles. The number of benzene rings is 1. The number of aryl methyl sites for hydroxylation is 1. The summed E-state index contributed by atoms with van der Waals surface area (Å²) in [5, 5.41) is 11.2. The van der Waals surface area contributed by atoms with E-state index in [0.29, 0.717) is 12.1 Å². The first-order valence-corrected chi connectivity index (χ1v) is 7.18. The number of hydrogen-bond acceptors (Lipinski definition) is 4. The molecule has 0 radical (unpaired) electrons. The van der Waals surface area contributed by atoms with Gasteiger partial charge in [-0.3, -0.25) is 14.9 Å². The van der Waals surface area contributed by atoms with Crippen molar-refractivity contribution in [3.8, 4) is 0 Å². The molecule has 0 heterocycles. The number of rotatable bonds is 4. The lowest BCUT2D eigenvalue weighted by Crippen LogP contribution is -2.41. The van der Waals surface area contributed by atoms with Gasteiger partial charge in [-0.05, 0) is 37.8 Å². The number of nitrogens with two attached hydrogens (primary N) is 1. The largest absolute Gasteiger partial charge is 0.338 e. The van der Waals surface area contributed by atoms with Crippen LogP contribution in [0.5, 0.6) is 0 Å². The molecule has 0 aliphatic heterocycles. The minimum absolute atomic E-state index is 0.0710. The van der Waals surface area contributed by atoms with Crippen molar-refractivity contribution in [2.75, 3.05) is 13.6 Å². The zero-order valence-corrected chi connectivity index (χ0v) is 12.4. The number of nitro benzene ring substituents is 1. The summed E-state index contributed by atoms with van der Waals surface area (Å²) < 4.78 is 0. The highest BCUT2D eigenvalue weighted by Gasteiger charge is 2.34. The Kier molecular flexibility index (Phi) is 4.57. The van der Waals surface area contributed by atoms with Gasteiger partial charge in [-0.2, -0.15) is 0 Å². The first-order chi connectivity index (χ1) is 9.97. The van der Waals surface area contributed by atoms with Crippen molar-refractivity contribution in [1.82, 2.24) is 4.90 Å². The number of nitrogens with zero attached hydrogens (tertiary/aromatic N) is 2. The quantitative estimate of drug-likeness (QED) is 0.679. The second-order valence-electron chi connectivity index (χ2n) is 5.64. The lowest BCUT2D eigenvalue weighted by atomic mass is 10.00. The zero-order valence-electron chi connectivity index (χ0n) is 12.4. The molecule has 6 nitrogen and oxygen atoms in total. The molecule has 1 aromatic carbocycles. The third-order valence-corrected chi connectivity index (χ3v) is 4.40. The third kappa shape index (κ3) is 2.90. The number of nitro groups is 1. The minimum atomic E-state index is -0.497. The molecule has 2 N–H and O–H groups in total. The van der Waals surface area contributed by atoms with Gasteiger partial charge in [0.1, 0.15) is 5.56 Å².